The lowest BCUT2D eigenvalue weighted by Crippen LogP contribution is -3.11. The Bertz CT molecular complexity index is 450. The molecule has 0 radical (unpaired) electrons. The molecule has 0 bridgehead atoms. The first-order valence-electron chi connectivity index (χ1n) is 8.75. The largest absolute Gasteiger partial charge is 0.335 e. The van der Waals surface area contributed by atoms with Gasteiger partial charge in [-0.1, -0.05) is 25.3 Å². The van der Waals surface area contributed by atoms with Crippen LogP contribution in [0, 0.1) is 0 Å². The van der Waals surface area contributed by atoms with Crippen LogP contribution in [0.1, 0.15) is 55.9 Å². The highest BCUT2D eigenvalue weighted by molar-refractivity contribution is 7.10. The van der Waals surface area contributed by atoms with Gasteiger partial charge in [0.05, 0.1) is 24.5 Å². The van der Waals surface area contributed by atoms with Crippen LogP contribution in [-0.2, 0) is 0 Å². The predicted octanol–water partition coefficient (Wildman–Crippen LogP) is 2.10. The van der Waals surface area contributed by atoms with Gasteiger partial charge >= 0.3 is 6.03 Å². The fourth-order valence-electron chi connectivity index (χ4n) is 3.79. The highest BCUT2D eigenvalue weighted by Crippen LogP contribution is 2.18. The lowest BCUT2D eigenvalue weighted by atomic mass is 9.96. The molecule has 0 spiro atoms. The average molecular weight is 322 g/mol. The maximum Gasteiger partial charge on any atom is 0.315 e. The minimum Gasteiger partial charge on any atom is -0.335 e. The molecule has 3 N–H and O–H groups in total. The zero-order chi connectivity index (χ0) is 15.2. The molecule has 1 atom stereocenters. The van der Waals surface area contributed by atoms with Gasteiger partial charge in [0.15, 0.2) is 0 Å². The maximum atomic E-state index is 12.2. The second-order valence-electron chi connectivity index (χ2n) is 6.62. The topological polar surface area (TPSA) is 45.6 Å². The van der Waals surface area contributed by atoms with Gasteiger partial charge in [-0.25, -0.2) is 4.79 Å². The van der Waals surface area contributed by atoms with E-state index in [2.05, 4.69) is 28.1 Å². The third kappa shape index (κ3) is 4.23. The molecule has 0 unspecified atom stereocenters. The Morgan fingerprint density at radius 2 is 2.00 bits per heavy atom. The fourth-order valence-corrected chi connectivity index (χ4v) is 4.68. The van der Waals surface area contributed by atoms with E-state index in [-0.39, 0.29) is 6.03 Å². The molecule has 2 amide bonds. The first-order valence-corrected chi connectivity index (χ1v) is 9.63. The van der Waals surface area contributed by atoms with E-state index in [0.29, 0.717) is 12.1 Å². The SMILES string of the molecule is O=C(NC[C@H](c1cccs1)[NH+]1CCCC1)NC1CCCCC1. The predicted molar refractivity (Wildman–Crippen MR) is 90.4 cm³/mol. The van der Waals surface area contributed by atoms with Crippen LogP contribution in [0.5, 0.6) is 0 Å². The number of hydrogen-bond acceptors (Lipinski definition) is 2. The van der Waals surface area contributed by atoms with Crippen LogP contribution >= 0.6 is 11.3 Å². The van der Waals surface area contributed by atoms with Crippen molar-refractivity contribution in [2.75, 3.05) is 19.6 Å². The maximum absolute atomic E-state index is 12.2. The molecule has 22 heavy (non-hydrogen) atoms. The van der Waals surface area contributed by atoms with Gasteiger partial charge in [0.1, 0.15) is 6.04 Å². The smallest absolute Gasteiger partial charge is 0.315 e. The molecule has 4 nitrogen and oxygen atoms in total. The van der Waals surface area contributed by atoms with Crippen LogP contribution in [0.25, 0.3) is 0 Å². The molecule has 0 aromatic carbocycles. The first-order chi connectivity index (χ1) is 10.8. The van der Waals surface area contributed by atoms with Gasteiger partial charge in [0.25, 0.3) is 0 Å². The molecule has 2 fully saturated rings. The lowest BCUT2D eigenvalue weighted by Gasteiger charge is -2.26. The van der Waals surface area contributed by atoms with Crippen LogP contribution in [-0.4, -0.2) is 31.7 Å². The van der Waals surface area contributed by atoms with Gasteiger partial charge in [-0.15, -0.1) is 11.3 Å². The summed E-state index contributed by atoms with van der Waals surface area (Å²) in [5.41, 5.74) is 0. The summed E-state index contributed by atoms with van der Waals surface area (Å²) in [5.74, 6) is 0. The van der Waals surface area contributed by atoms with Crippen molar-refractivity contribution in [3.8, 4) is 0 Å². The van der Waals surface area contributed by atoms with Crippen LogP contribution in [0.2, 0.25) is 0 Å². The molecule has 3 rings (SSSR count). The molecule has 1 saturated heterocycles. The third-order valence-electron chi connectivity index (χ3n) is 5.03. The summed E-state index contributed by atoms with van der Waals surface area (Å²) in [6, 6.07) is 5.14. The molecule has 1 aromatic rings. The Hall–Kier alpha value is -1.07. The summed E-state index contributed by atoms with van der Waals surface area (Å²) < 4.78 is 0. The summed E-state index contributed by atoms with van der Waals surface area (Å²) in [6.45, 7) is 3.21. The summed E-state index contributed by atoms with van der Waals surface area (Å²) in [6.07, 6.45) is 8.72. The number of nitrogens with one attached hydrogen (secondary N) is 3. The quantitative estimate of drug-likeness (QED) is 0.764. The van der Waals surface area contributed by atoms with E-state index < -0.39 is 0 Å². The Labute approximate surface area is 137 Å². The molecular formula is C17H28N3OS+. The molecule has 1 aliphatic heterocycles. The van der Waals surface area contributed by atoms with Gasteiger partial charge in [0, 0.05) is 18.9 Å². The highest BCUT2D eigenvalue weighted by atomic mass is 32.1. The Kier molecular flexibility index (Phi) is 5.73. The van der Waals surface area contributed by atoms with Crippen molar-refractivity contribution in [2.45, 2.75) is 57.0 Å². The van der Waals surface area contributed by atoms with E-state index in [4.69, 9.17) is 0 Å². The van der Waals surface area contributed by atoms with Crippen molar-refractivity contribution in [1.82, 2.24) is 10.6 Å². The zero-order valence-corrected chi connectivity index (χ0v) is 14.1. The molecule has 1 saturated carbocycles. The van der Waals surface area contributed by atoms with Crippen LogP contribution in [0.4, 0.5) is 4.79 Å². The van der Waals surface area contributed by atoms with E-state index in [1.807, 2.05) is 11.3 Å². The summed E-state index contributed by atoms with van der Waals surface area (Å²) in [4.78, 5) is 15.2. The average Bonchev–Trinajstić information content (AvgIpc) is 3.22. The summed E-state index contributed by atoms with van der Waals surface area (Å²) in [7, 11) is 0. The second-order valence-corrected chi connectivity index (χ2v) is 7.60. The highest BCUT2D eigenvalue weighted by Gasteiger charge is 2.28. The van der Waals surface area contributed by atoms with E-state index in [1.54, 1.807) is 4.90 Å². The van der Waals surface area contributed by atoms with Crippen LogP contribution in [0.15, 0.2) is 17.5 Å². The lowest BCUT2D eigenvalue weighted by molar-refractivity contribution is -0.918. The summed E-state index contributed by atoms with van der Waals surface area (Å²) in [5, 5.41) is 8.42. The van der Waals surface area contributed by atoms with Crippen molar-refractivity contribution in [3.05, 3.63) is 22.4 Å². The molecule has 5 heteroatoms. The number of urea groups is 1. The van der Waals surface area contributed by atoms with E-state index in [1.165, 1.54) is 50.1 Å². The van der Waals surface area contributed by atoms with Crippen molar-refractivity contribution < 1.29 is 9.69 Å². The normalized spacial score (nSPS) is 21.6. The first kappa shape index (κ1) is 15.8. The minimum atomic E-state index is 0.0204. The van der Waals surface area contributed by atoms with Gasteiger partial charge in [-0.2, -0.15) is 0 Å². The minimum absolute atomic E-state index is 0.0204. The third-order valence-corrected chi connectivity index (χ3v) is 6.02. The molecule has 1 aromatic heterocycles. The van der Waals surface area contributed by atoms with Crippen LogP contribution in [0.3, 0.4) is 0 Å². The van der Waals surface area contributed by atoms with Crippen molar-refractivity contribution >= 4 is 17.4 Å². The number of rotatable bonds is 5. The van der Waals surface area contributed by atoms with Crippen molar-refractivity contribution in [1.29, 1.82) is 0 Å². The standard InChI is InChI=1S/C17H27N3OS/c21-17(19-14-7-2-1-3-8-14)18-13-15(16-9-6-12-22-16)20-10-4-5-11-20/h6,9,12,14-15H,1-5,7-8,10-11,13H2,(H2,18,19,21)/p+1/t15-/m1/s1. The van der Waals surface area contributed by atoms with Crippen molar-refractivity contribution in [3.63, 3.8) is 0 Å². The molecule has 2 heterocycles. The second kappa shape index (κ2) is 7.97. The molecular weight excluding hydrogens is 294 g/mol. The van der Waals surface area contributed by atoms with Gasteiger partial charge in [-0.05, 0) is 24.3 Å². The number of carbonyl (C=O) groups excluding carboxylic acids is 1. The summed E-state index contributed by atoms with van der Waals surface area (Å²) >= 11 is 1.81. The number of hydrogen-bond donors (Lipinski definition) is 3. The number of likely N-dealkylation sites (tertiary alicyclic amines) is 1. The van der Waals surface area contributed by atoms with E-state index in [0.717, 1.165) is 19.4 Å². The Morgan fingerprint density at radius 3 is 2.68 bits per heavy atom. The Balaban J connectivity index is 1.51. The van der Waals surface area contributed by atoms with Crippen molar-refractivity contribution in [2.24, 2.45) is 0 Å². The number of quaternary nitrogens is 1. The van der Waals surface area contributed by atoms with Gasteiger partial charge in [-0.3, -0.25) is 0 Å². The molecule has 122 valence electrons. The zero-order valence-electron chi connectivity index (χ0n) is 13.3. The molecule has 1 aliphatic carbocycles. The van der Waals surface area contributed by atoms with E-state index >= 15 is 0 Å². The number of amides is 2. The van der Waals surface area contributed by atoms with Gasteiger partial charge in [0.2, 0.25) is 0 Å². The van der Waals surface area contributed by atoms with Gasteiger partial charge < -0.3 is 15.5 Å². The number of carbonyl (C=O) groups is 1. The van der Waals surface area contributed by atoms with E-state index in [9.17, 15) is 4.79 Å². The fraction of sp³-hybridized carbons (Fsp3) is 0.706. The number of thiophene rings is 1. The molecule has 2 aliphatic rings. The monoisotopic (exact) mass is 322 g/mol. The Morgan fingerprint density at radius 1 is 1.23 bits per heavy atom. The van der Waals surface area contributed by atoms with Crippen LogP contribution < -0.4 is 15.5 Å².